The van der Waals surface area contributed by atoms with E-state index >= 15 is 0 Å². The molecule has 0 unspecified atom stereocenters. The lowest BCUT2D eigenvalue weighted by atomic mass is 10.3. The normalized spacial score (nSPS) is 14.0. The van der Waals surface area contributed by atoms with Gasteiger partial charge in [-0.05, 0) is 43.5 Å². The Labute approximate surface area is 192 Å². The van der Waals surface area contributed by atoms with Crippen molar-refractivity contribution in [1.29, 1.82) is 0 Å². The summed E-state index contributed by atoms with van der Waals surface area (Å²) >= 11 is 5.84. The molecule has 0 atom stereocenters. The third-order valence-electron chi connectivity index (χ3n) is 5.52. The molecule has 1 fully saturated rings. The highest BCUT2D eigenvalue weighted by Crippen LogP contribution is 2.31. The number of benzene rings is 1. The van der Waals surface area contributed by atoms with E-state index in [9.17, 15) is 23.3 Å². The number of carbonyl (C=O) groups is 1. The van der Waals surface area contributed by atoms with Crippen molar-refractivity contribution in [3.05, 3.63) is 57.4 Å². The lowest BCUT2D eigenvalue weighted by molar-refractivity contribution is -0.384. The maximum atomic E-state index is 13.3. The van der Waals surface area contributed by atoms with Crippen molar-refractivity contribution in [2.75, 3.05) is 13.1 Å². The van der Waals surface area contributed by atoms with E-state index in [1.165, 1.54) is 12.1 Å². The zero-order valence-electron chi connectivity index (χ0n) is 18.1. The highest BCUT2D eigenvalue weighted by atomic mass is 35.5. The molecule has 32 heavy (non-hydrogen) atoms. The first-order valence-corrected chi connectivity index (χ1v) is 12.3. The molecule has 1 aromatic carbocycles. The predicted molar refractivity (Wildman–Crippen MR) is 121 cm³/mol. The molecule has 1 aromatic heterocycles. The Hall–Kier alpha value is -2.43. The SMILES string of the molecule is CCCCN(CC(=O)N(Cc1cccn1C)C1CC1)S(=O)(=O)c1ccc(Cl)c([N+](=O)[O-])c1. The van der Waals surface area contributed by atoms with Gasteiger partial charge in [0, 0.05) is 37.6 Å². The Morgan fingerprint density at radius 1 is 1.31 bits per heavy atom. The van der Waals surface area contributed by atoms with Gasteiger partial charge in [-0.1, -0.05) is 24.9 Å². The molecule has 0 N–H and O–H groups in total. The molecule has 1 amide bonds. The summed E-state index contributed by atoms with van der Waals surface area (Å²) in [7, 11) is -2.23. The first-order valence-electron chi connectivity index (χ1n) is 10.5. The maximum Gasteiger partial charge on any atom is 0.289 e. The summed E-state index contributed by atoms with van der Waals surface area (Å²) in [6, 6.07) is 7.31. The van der Waals surface area contributed by atoms with Gasteiger partial charge >= 0.3 is 0 Å². The summed E-state index contributed by atoms with van der Waals surface area (Å²) in [6.45, 7) is 2.15. The van der Waals surface area contributed by atoms with Crippen molar-refractivity contribution >= 4 is 33.2 Å². The highest BCUT2D eigenvalue weighted by molar-refractivity contribution is 7.89. The molecule has 9 nitrogen and oxygen atoms in total. The number of sulfonamides is 1. The number of hydrogen-bond donors (Lipinski definition) is 0. The second kappa shape index (κ2) is 10.0. The molecule has 0 radical (unpaired) electrons. The minimum Gasteiger partial charge on any atom is -0.353 e. The van der Waals surface area contributed by atoms with Crippen LogP contribution in [0, 0.1) is 10.1 Å². The molecule has 11 heteroatoms. The average Bonchev–Trinajstić information content (AvgIpc) is 3.50. The first kappa shape index (κ1) is 24.2. The molecule has 0 bridgehead atoms. The van der Waals surface area contributed by atoms with Crippen LogP contribution < -0.4 is 0 Å². The van der Waals surface area contributed by atoms with Crippen LogP contribution >= 0.6 is 11.6 Å². The summed E-state index contributed by atoms with van der Waals surface area (Å²) in [4.78, 5) is 25.2. The van der Waals surface area contributed by atoms with Crippen molar-refractivity contribution in [3.8, 4) is 0 Å². The number of halogens is 1. The Balaban J connectivity index is 1.86. The number of carbonyl (C=O) groups excluding carboxylic acids is 1. The van der Waals surface area contributed by atoms with Gasteiger partial charge in [0.2, 0.25) is 15.9 Å². The minimum atomic E-state index is -4.13. The minimum absolute atomic E-state index is 0.102. The van der Waals surface area contributed by atoms with E-state index in [0.717, 1.165) is 35.3 Å². The van der Waals surface area contributed by atoms with E-state index in [1.54, 1.807) is 4.90 Å². The van der Waals surface area contributed by atoms with Gasteiger partial charge in [-0.3, -0.25) is 14.9 Å². The molecule has 1 aliphatic carbocycles. The van der Waals surface area contributed by atoms with Gasteiger partial charge in [-0.2, -0.15) is 4.31 Å². The van der Waals surface area contributed by atoms with E-state index < -0.39 is 20.6 Å². The van der Waals surface area contributed by atoms with Crippen LogP contribution in [0.2, 0.25) is 5.02 Å². The highest BCUT2D eigenvalue weighted by Gasteiger charge is 2.36. The van der Waals surface area contributed by atoms with Gasteiger partial charge < -0.3 is 9.47 Å². The topological polar surface area (TPSA) is 106 Å². The smallest absolute Gasteiger partial charge is 0.289 e. The van der Waals surface area contributed by atoms with Gasteiger partial charge in [0.25, 0.3) is 5.69 Å². The van der Waals surface area contributed by atoms with Crippen LogP contribution in [-0.4, -0.2) is 52.2 Å². The van der Waals surface area contributed by atoms with Gasteiger partial charge in [0.05, 0.1) is 22.9 Å². The Morgan fingerprint density at radius 3 is 2.59 bits per heavy atom. The summed E-state index contributed by atoms with van der Waals surface area (Å²) in [5.41, 5.74) is 0.472. The monoisotopic (exact) mass is 482 g/mol. The summed E-state index contributed by atoms with van der Waals surface area (Å²) < 4.78 is 29.7. The van der Waals surface area contributed by atoms with Crippen molar-refractivity contribution in [1.82, 2.24) is 13.8 Å². The zero-order chi connectivity index (χ0) is 23.5. The summed E-state index contributed by atoms with van der Waals surface area (Å²) in [5.74, 6) is -0.281. The number of hydrogen-bond acceptors (Lipinski definition) is 5. The first-order chi connectivity index (χ1) is 15.1. The standard InChI is InChI=1S/C21H27ClN4O5S/c1-3-4-12-24(32(30,31)18-9-10-19(22)20(13-18)26(28)29)15-21(27)25(16-7-8-16)14-17-6-5-11-23(17)2/h5-6,9-11,13,16H,3-4,7-8,12,14-15H2,1-2H3. The molecular formula is C21H27ClN4O5S. The van der Waals surface area contributed by atoms with Crippen LogP contribution in [0.1, 0.15) is 38.3 Å². The second-order valence-electron chi connectivity index (χ2n) is 7.93. The number of unbranched alkanes of at least 4 members (excludes halogenated alkanes) is 1. The Bertz CT molecular complexity index is 1100. The van der Waals surface area contributed by atoms with Gasteiger partial charge in [-0.15, -0.1) is 0 Å². The van der Waals surface area contributed by atoms with E-state index in [0.29, 0.717) is 13.0 Å². The molecular weight excluding hydrogens is 456 g/mol. The third-order valence-corrected chi connectivity index (χ3v) is 7.68. The fourth-order valence-corrected chi connectivity index (χ4v) is 5.08. The number of nitro benzene ring substituents is 1. The van der Waals surface area contributed by atoms with Crippen LogP contribution in [0.5, 0.6) is 0 Å². The quantitative estimate of drug-likeness (QED) is 0.359. The van der Waals surface area contributed by atoms with Gasteiger partial charge in [0.15, 0.2) is 0 Å². The molecule has 1 aliphatic rings. The largest absolute Gasteiger partial charge is 0.353 e. The van der Waals surface area contributed by atoms with Crippen LogP contribution in [0.3, 0.4) is 0 Å². The van der Waals surface area contributed by atoms with Crippen LogP contribution in [0.4, 0.5) is 5.69 Å². The summed E-state index contributed by atoms with van der Waals surface area (Å²) in [6.07, 6.45) is 4.97. The fourth-order valence-electron chi connectivity index (χ4n) is 3.44. The number of aryl methyl sites for hydroxylation is 1. The number of aromatic nitrogens is 1. The van der Waals surface area contributed by atoms with Crippen LogP contribution in [0.15, 0.2) is 41.4 Å². The van der Waals surface area contributed by atoms with Crippen molar-refractivity contribution < 1.29 is 18.1 Å². The van der Waals surface area contributed by atoms with Crippen LogP contribution in [0.25, 0.3) is 0 Å². The predicted octanol–water partition coefficient (Wildman–Crippen LogP) is 3.57. The molecule has 174 valence electrons. The fraction of sp³-hybridized carbons (Fsp3) is 0.476. The Morgan fingerprint density at radius 2 is 2.03 bits per heavy atom. The van der Waals surface area contributed by atoms with E-state index in [2.05, 4.69) is 0 Å². The molecule has 0 spiro atoms. The number of nitro groups is 1. The maximum absolute atomic E-state index is 13.3. The van der Waals surface area contributed by atoms with Crippen molar-refractivity contribution in [3.63, 3.8) is 0 Å². The number of rotatable bonds is 11. The zero-order valence-corrected chi connectivity index (χ0v) is 19.7. The molecule has 1 heterocycles. The van der Waals surface area contributed by atoms with Gasteiger partial charge in [0.1, 0.15) is 5.02 Å². The number of amides is 1. The van der Waals surface area contributed by atoms with Crippen molar-refractivity contribution in [2.24, 2.45) is 7.05 Å². The van der Waals surface area contributed by atoms with Crippen LogP contribution in [-0.2, 0) is 28.4 Å². The molecule has 0 saturated heterocycles. The van der Waals surface area contributed by atoms with Gasteiger partial charge in [-0.25, -0.2) is 8.42 Å². The molecule has 2 aromatic rings. The van der Waals surface area contributed by atoms with E-state index in [1.807, 2.05) is 36.9 Å². The second-order valence-corrected chi connectivity index (χ2v) is 10.3. The third kappa shape index (κ3) is 5.48. The lowest BCUT2D eigenvalue weighted by Gasteiger charge is -2.27. The van der Waals surface area contributed by atoms with Crippen molar-refractivity contribution in [2.45, 2.75) is 50.1 Å². The molecule has 1 saturated carbocycles. The Kier molecular flexibility index (Phi) is 7.58. The average molecular weight is 483 g/mol. The molecule has 3 rings (SSSR count). The molecule has 0 aliphatic heterocycles. The van der Waals surface area contributed by atoms with E-state index in [4.69, 9.17) is 11.6 Å². The van der Waals surface area contributed by atoms with E-state index in [-0.39, 0.29) is 35.0 Å². The lowest BCUT2D eigenvalue weighted by Crippen LogP contribution is -2.44. The summed E-state index contributed by atoms with van der Waals surface area (Å²) in [5, 5.41) is 11.1. The number of nitrogens with zero attached hydrogens (tertiary/aromatic N) is 4.